The molecule has 2 aromatic carbocycles. The van der Waals surface area contributed by atoms with Crippen LogP contribution in [0.2, 0.25) is 0 Å². The third kappa shape index (κ3) is 3.17. The predicted octanol–water partition coefficient (Wildman–Crippen LogP) is 2.95. The number of hydrogen-bond acceptors (Lipinski definition) is 3. The minimum Gasteiger partial charge on any atom is -0.478 e. The Morgan fingerprint density at radius 1 is 1.10 bits per heavy atom. The summed E-state index contributed by atoms with van der Waals surface area (Å²) in [6.45, 7) is 0. The highest BCUT2D eigenvalue weighted by Crippen LogP contribution is 2.23. The summed E-state index contributed by atoms with van der Waals surface area (Å²) < 4.78 is 27.1. The first kappa shape index (κ1) is 14.5. The molecule has 0 atom stereocenters. The van der Waals surface area contributed by atoms with Crippen molar-refractivity contribution in [3.8, 4) is 0 Å². The molecule has 0 aromatic heterocycles. The molecule has 2 rings (SSSR count). The average Bonchev–Trinajstić information content (AvgIpc) is 2.41. The summed E-state index contributed by atoms with van der Waals surface area (Å²) in [5.41, 5.74) is -0.108. The van der Waals surface area contributed by atoms with Crippen LogP contribution >= 0.6 is 15.9 Å². The average molecular weight is 356 g/mol. The lowest BCUT2D eigenvalue weighted by atomic mass is 10.2. The number of anilines is 1. The van der Waals surface area contributed by atoms with Crippen molar-refractivity contribution in [1.29, 1.82) is 0 Å². The van der Waals surface area contributed by atoms with Crippen LogP contribution in [0, 0.1) is 0 Å². The Labute approximate surface area is 124 Å². The van der Waals surface area contributed by atoms with E-state index in [2.05, 4.69) is 20.7 Å². The number of hydrogen-bond donors (Lipinski definition) is 2. The lowest BCUT2D eigenvalue weighted by Gasteiger charge is -2.10. The molecule has 0 amide bonds. The number of carboxylic acids is 1. The smallest absolute Gasteiger partial charge is 0.337 e. The van der Waals surface area contributed by atoms with Crippen LogP contribution in [0.15, 0.2) is 57.9 Å². The molecule has 0 aliphatic heterocycles. The van der Waals surface area contributed by atoms with E-state index in [-0.39, 0.29) is 16.1 Å². The van der Waals surface area contributed by atoms with Crippen molar-refractivity contribution >= 4 is 37.6 Å². The standard InChI is InChI=1S/C13H10BrNO4S/c14-9-6-7-12(11(8-9)13(16)17)15-20(18,19)10-4-2-1-3-5-10/h1-8,15H,(H,16,17). The Hall–Kier alpha value is -1.86. The molecule has 104 valence electrons. The first-order valence-electron chi connectivity index (χ1n) is 5.51. The van der Waals surface area contributed by atoms with Crippen LogP contribution in [0.1, 0.15) is 10.4 Å². The molecule has 0 heterocycles. The van der Waals surface area contributed by atoms with Crippen molar-refractivity contribution in [2.75, 3.05) is 4.72 Å². The van der Waals surface area contributed by atoms with E-state index in [4.69, 9.17) is 5.11 Å². The van der Waals surface area contributed by atoms with Gasteiger partial charge in [0.15, 0.2) is 0 Å². The number of carboxylic acid groups (broad SMARTS) is 1. The second kappa shape index (κ2) is 5.64. The Bertz CT molecular complexity index is 744. The van der Waals surface area contributed by atoms with Gasteiger partial charge in [0.2, 0.25) is 0 Å². The molecule has 0 fully saturated rings. The Balaban J connectivity index is 2.43. The molecule has 7 heteroatoms. The van der Waals surface area contributed by atoms with E-state index in [9.17, 15) is 13.2 Å². The highest BCUT2D eigenvalue weighted by Gasteiger charge is 2.18. The van der Waals surface area contributed by atoms with Crippen LogP contribution < -0.4 is 4.72 Å². The number of sulfonamides is 1. The summed E-state index contributed by atoms with van der Waals surface area (Å²) in [7, 11) is -3.81. The van der Waals surface area contributed by atoms with E-state index >= 15 is 0 Å². The zero-order chi connectivity index (χ0) is 14.8. The first-order valence-corrected chi connectivity index (χ1v) is 7.78. The van der Waals surface area contributed by atoms with Gasteiger partial charge in [0.05, 0.1) is 16.1 Å². The van der Waals surface area contributed by atoms with Crippen LogP contribution in [0.4, 0.5) is 5.69 Å². The van der Waals surface area contributed by atoms with Gasteiger partial charge in [-0.2, -0.15) is 0 Å². The Kier molecular flexibility index (Phi) is 4.10. The normalized spacial score (nSPS) is 11.1. The predicted molar refractivity (Wildman–Crippen MR) is 78.4 cm³/mol. The van der Waals surface area contributed by atoms with E-state index < -0.39 is 16.0 Å². The molecule has 0 spiro atoms. The van der Waals surface area contributed by atoms with Gasteiger partial charge in [-0.1, -0.05) is 34.1 Å². The van der Waals surface area contributed by atoms with Crippen molar-refractivity contribution < 1.29 is 18.3 Å². The second-order valence-electron chi connectivity index (χ2n) is 3.91. The molecule has 5 nitrogen and oxygen atoms in total. The minimum atomic E-state index is -3.81. The van der Waals surface area contributed by atoms with E-state index in [1.165, 1.54) is 24.3 Å². The number of halogens is 1. The number of carbonyl (C=O) groups is 1. The van der Waals surface area contributed by atoms with Gasteiger partial charge in [-0.3, -0.25) is 4.72 Å². The molecule has 0 unspecified atom stereocenters. The van der Waals surface area contributed by atoms with E-state index in [0.29, 0.717) is 4.47 Å². The molecule has 2 N–H and O–H groups in total. The van der Waals surface area contributed by atoms with Crippen molar-refractivity contribution in [2.24, 2.45) is 0 Å². The van der Waals surface area contributed by atoms with Gasteiger partial charge in [-0.25, -0.2) is 13.2 Å². The third-order valence-electron chi connectivity index (χ3n) is 2.51. The van der Waals surface area contributed by atoms with Crippen molar-refractivity contribution in [2.45, 2.75) is 4.90 Å². The van der Waals surface area contributed by atoms with Gasteiger partial charge in [0.1, 0.15) is 0 Å². The summed E-state index contributed by atoms with van der Waals surface area (Å²) in [6, 6.07) is 12.0. The largest absolute Gasteiger partial charge is 0.478 e. The van der Waals surface area contributed by atoms with E-state index in [1.807, 2.05) is 0 Å². The number of nitrogens with one attached hydrogen (secondary N) is 1. The molecule has 0 radical (unpaired) electrons. The fraction of sp³-hybridized carbons (Fsp3) is 0. The SMILES string of the molecule is O=C(O)c1cc(Br)ccc1NS(=O)(=O)c1ccccc1. The van der Waals surface area contributed by atoms with Crippen LogP contribution in [0.5, 0.6) is 0 Å². The van der Waals surface area contributed by atoms with Crippen molar-refractivity contribution in [3.05, 3.63) is 58.6 Å². The molecule has 0 aliphatic carbocycles. The maximum atomic E-state index is 12.1. The summed E-state index contributed by atoms with van der Waals surface area (Å²) in [5, 5.41) is 9.10. The van der Waals surface area contributed by atoms with Gasteiger partial charge < -0.3 is 5.11 Å². The molecule has 0 aliphatic rings. The minimum absolute atomic E-state index is 0.0181. The quantitative estimate of drug-likeness (QED) is 0.882. The first-order chi connectivity index (χ1) is 9.40. The lowest BCUT2D eigenvalue weighted by molar-refractivity contribution is 0.0698. The Morgan fingerprint density at radius 3 is 2.35 bits per heavy atom. The Morgan fingerprint density at radius 2 is 1.75 bits per heavy atom. The van der Waals surface area contributed by atoms with Gasteiger partial charge in [-0.05, 0) is 30.3 Å². The highest BCUT2D eigenvalue weighted by molar-refractivity contribution is 9.10. The van der Waals surface area contributed by atoms with Gasteiger partial charge in [-0.15, -0.1) is 0 Å². The second-order valence-corrected chi connectivity index (χ2v) is 6.51. The molecular formula is C13H10BrNO4S. The summed E-state index contributed by atoms with van der Waals surface area (Å²) in [5.74, 6) is -1.21. The molecular weight excluding hydrogens is 346 g/mol. The molecule has 2 aromatic rings. The van der Waals surface area contributed by atoms with Crippen molar-refractivity contribution in [3.63, 3.8) is 0 Å². The fourth-order valence-corrected chi connectivity index (χ4v) is 3.05. The van der Waals surface area contributed by atoms with E-state index in [1.54, 1.807) is 24.3 Å². The van der Waals surface area contributed by atoms with Crippen LogP contribution in [0.3, 0.4) is 0 Å². The summed E-state index contributed by atoms with van der Waals surface area (Å²) in [6.07, 6.45) is 0. The molecule has 0 saturated heterocycles. The zero-order valence-corrected chi connectivity index (χ0v) is 12.5. The van der Waals surface area contributed by atoms with Crippen molar-refractivity contribution in [1.82, 2.24) is 0 Å². The van der Waals surface area contributed by atoms with Gasteiger partial charge in [0, 0.05) is 4.47 Å². The van der Waals surface area contributed by atoms with Gasteiger partial charge in [0.25, 0.3) is 10.0 Å². The molecule has 0 bridgehead atoms. The summed E-state index contributed by atoms with van der Waals surface area (Å²) >= 11 is 3.15. The van der Waals surface area contributed by atoms with Crippen LogP contribution in [-0.4, -0.2) is 19.5 Å². The third-order valence-corrected chi connectivity index (χ3v) is 4.38. The lowest BCUT2D eigenvalue weighted by Crippen LogP contribution is -2.15. The van der Waals surface area contributed by atoms with Crippen LogP contribution in [0.25, 0.3) is 0 Å². The fourth-order valence-electron chi connectivity index (χ4n) is 1.59. The maximum Gasteiger partial charge on any atom is 0.337 e. The van der Waals surface area contributed by atoms with Crippen LogP contribution in [-0.2, 0) is 10.0 Å². The number of rotatable bonds is 4. The summed E-state index contributed by atoms with van der Waals surface area (Å²) in [4.78, 5) is 11.2. The molecule has 0 saturated carbocycles. The van der Waals surface area contributed by atoms with Gasteiger partial charge >= 0.3 is 5.97 Å². The number of benzene rings is 2. The monoisotopic (exact) mass is 355 g/mol. The molecule has 20 heavy (non-hydrogen) atoms. The van der Waals surface area contributed by atoms with E-state index in [0.717, 1.165) is 0 Å². The zero-order valence-electron chi connectivity index (χ0n) is 10.1. The topological polar surface area (TPSA) is 83.5 Å². The highest BCUT2D eigenvalue weighted by atomic mass is 79.9. The number of aromatic carboxylic acids is 1. The maximum absolute atomic E-state index is 12.1.